The molecule has 0 N–H and O–H groups in total. The molecule has 8 heteroatoms. The molecule has 1 fully saturated rings. The topological polar surface area (TPSA) is 46.1 Å². The first kappa shape index (κ1) is 12.3. The van der Waals surface area contributed by atoms with E-state index in [-0.39, 0.29) is 11.0 Å². The number of rotatable bonds is 2. The summed E-state index contributed by atoms with van der Waals surface area (Å²) >= 11 is 0.724. The van der Waals surface area contributed by atoms with Crippen LogP contribution in [-0.2, 0) is 11.0 Å². The van der Waals surface area contributed by atoms with E-state index >= 15 is 0 Å². The number of hydrogen-bond donors (Lipinski definition) is 0. The zero-order valence-electron chi connectivity index (χ0n) is 8.78. The lowest BCUT2D eigenvalue weighted by atomic mass is 10.0. The Morgan fingerprint density at radius 3 is 2.82 bits per heavy atom. The number of halogens is 3. The molecule has 1 atom stereocenters. The highest BCUT2D eigenvalue weighted by atomic mass is 32.1. The molecule has 1 aromatic rings. The largest absolute Gasteiger partial charge is 0.452 e. The summed E-state index contributed by atoms with van der Waals surface area (Å²) in [5.74, 6) is -1.23. The summed E-state index contributed by atoms with van der Waals surface area (Å²) in [5, 5.41) is 0.240. The van der Waals surface area contributed by atoms with Gasteiger partial charge in [-0.3, -0.25) is 0 Å². The molecule has 1 aliphatic rings. The molecule has 94 valence electrons. The van der Waals surface area contributed by atoms with E-state index in [0.29, 0.717) is 13.1 Å². The average Bonchev–Trinajstić information content (AvgIpc) is 2.78. The fraction of sp³-hybridized carbons (Fsp3) is 0.667. The number of piperidine rings is 1. The van der Waals surface area contributed by atoms with Crippen LogP contribution in [0.2, 0.25) is 0 Å². The van der Waals surface area contributed by atoms with Crippen LogP contribution >= 0.6 is 11.5 Å². The van der Waals surface area contributed by atoms with E-state index in [4.69, 9.17) is 0 Å². The zero-order valence-corrected chi connectivity index (χ0v) is 9.59. The monoisotopic (exact) mass is 265 g/mol. The highest BCUT2D eigenvalue weighted by molar-refractivity contribution is 7.09. The third-order valence-corrected chi connectivity index (χ3v) is 3.37. The minimum atomic E-state index is -4.51. The number of hydrogen-bond acceptors (Lipinski definition) is 5. The molecular formula is C9H10F3N3OS. The quantitative estimate of drug-likeness (QED) is 0.767. The molecule has 0 aliphatic carbocycles. The lowest BCUT2D eigenvalue weighted by molar-refractivity contribution is -0.144. The van der Waals surface area contributed by atoms with Crippen molar-refractivity contribution >= 4 is 23.0 Å². The number of aromatic nitrogens is 2. The summed E-state index contributed by atoms with van der Waals surface area (Å²) in [5.41, 5.74) is 0. The van der Waals surface area contributed by atoms with Gasteiger partial charge in [0.1, 0.15) is 6.29 Å². The highest BCUT2D eigenvalue weighted by Crippen LogP contribution is 2.31. The van der Waals surface area contributed by atoms with Gasteiger partial charge in [0, 0.05) is 30.5 Å². The molecule has 0 spiro atoms. The van der Waals surface area contributed by atoms with Gasteiger partial charge in [0.05, 0.1) is 0 Å². The van der Waals surface area contributed by atoms with E-state index in [1.807, 2.05) is 0 Å². The van der Waals surface area contributed by atoms with Gasteiger partial charge in [-0.25, -0.2) is 0 Å². The third kappa shape index (κ3) is 2.74. The van der Waals surface area contributed by atoms with Crippen molar-refractivity contribution < 1.29 is 18.0 Å². The summed E-state index contributed by atoms with van der Waals surface area (Å²) in [4.78, 5) is 15.8. The maximum absolute atomic E-state index is 12.3. The maximum Gasteiger partial charge on any atom is 0.452 e. The van der Waals surface area contributed by atoms with Crippen LogP contribution in [0.3, 0.4) is 0 Å². The number of aldehydes is 1. The Morgan fingerprint density at radius 2 is 2.24 bits per heavy atom. The third-order valence-electron chi connectivity index (χ3n) is 2.59. The van der Waals surface area contributed by atoms with Crippen LogP contribution in [0.1, 0.15) is 18.7 Å². The molecule has 1 unspecified atom stereocenters. The zero-order chi connectivity index (χ0) is 12.5. The van der Waals surface area contributed by atoms with Crippen LogP contribution in [0.25, 0.3) is 0 Å². The Labute approximate surface area is 99.6 Å². The number of carbonyl (C=O) groups is 1. The molecule has 0 radical (unpaired) electrons. The molecule has 2 heterocycles. The van der Waals surface area contributed by atoms with E-state index < -0.39 is 12.0 Å². The predicted octanol–water partition coefficient (Wildman–Crippen LogP) is 1.97. The van der Waals surface area contributed by atoms with Gasteiger partial charge in [0.15, 0.2) is 0 Å². The molecular weight excluding hydrogens is 255 g/mol. The van der Waals surface area contributed by atoms with Gasteiger partial charge in [0.25, 0.3) is 0 Å². The molecule has 1 aromatic heterocycles. The molecule has 0 saturated carbocycles. The first-order valence-corrected chi connectivity index (χ1v) is 5.89. The van der Waals surface area contributed by atoms with Crippen molar-refractivity contribution in [2.75, 3.05) is 18.0 Å². The number of anilines is 1. The standard InChI is InChI=1S/C9H10F3N3OS/c10-9(11,12)7-13-8(17-14-7)15-3-1-2-6(4-15)5-16/h5-6H,1-4H2. The SMILES string of the molecule is O=CC1CCCN(c2nc(C(F)(F)F)ns2)C1. The van der Waals surface area contributed by atoms with Crippen LogP contribution < -0.4 is 4.90 Å². The van der Waals surface area contributed by atoms with E-state index in [1.165, 1.54) is 0 Å². The number of alkyl halides is 3. The lowest BCUT2D eigenvalue weighted by Crippen LogP contribution is -2.35. The van der Waals surface area contributed by atoms with Crippen molar-refractivity contribution in [2.24, 2.45) is 5.92 Å². The van der Waals surface area contributed by atoms with Crippen LogP contribution in [0.5, 0.6) is 0 Å². The van der Waals surface area contributed by atoms with Crippen LogP contribution in [-0.4, -0.2) is 28.7 Å². The molecule has 0 bridgehead atoms. The Morgan fingerprint density at radius 1 is 1.47 bits per heavy atom. The van der Waals surface area contributed by atoms with E-state index in [1.54, 1.807) is 4.90 Å². The van der Waals surface area contributed by atoms with Crippen LogP contribution in [0.15, 0.2) is 0 Å². The maximum atomic E-state index is 12.3. The minimum Gasteiger partial charge on any atom is -0.346 e. The fourth-order valence-corrected chi connectivity index (χ4v) is 2.47. The highest BCUT2D eigenvalue weighted by Gasteiger charge is 2.37. The average molecular weight is 265 g/mol. The van der Waals surface area contributed by atoms with Crippen molar-refractivity contribution in [3.05, 3.63) is 5.82 Å². The van der Waals surface area contributed by atoms with Gasteiger partial charge >= 0.3 is 6.18 Å². The first-order valence-electron chi connectivity index (χ1n) is 5.12. The second-order valence-electron chi connectivity index (χ2n) is 3.88. The summed E-state index contributed by atoms with van der Waals surface area (Å²) in [6.45, 7) is 1.05. The summed E-state index contributed by atoms with van der Waals surface area (Å²) in [6.07, 6.45) is -2.10. The normalized spacial score (nSPS) is 21.6. The summed E-state index contributed by atoms with van der Waals surface area (Å²) in [7, 11) is 0. The molecule has 0 aromatic carbocycles. The summed E-state index contributed by atoms with van der Waals surface area (Å²) in [6, 6.07) is 0. The second-order valence-corrected chi connectivity index (χ2v) is 4.61. The Hall–Kier alpha value is -1.18. The van der Waals surface area contributed by atoms with Crippen molar-refractivity contribution in [2.45, 2.75) is 19.0 Å². The van der Waals surface area contributed by atoms with E-state index in [9.17, 15) is 18.0 Å². The molecule has 4 nitrogen and oxygen atoms in total. The summed E-state index contributed by atoms with van der Waals surface area (Å²) < 4.78 is 40.2. The van der Waals surface area contributed by atoms with Gasteiger partial charge in [-0.15, -0.1) is 0 Å². The van der Waals surface area contributed by atoms with Gasteiger partial charge < -0.3 is 9.69 Å². The molecule has 17 heavy (non-hydrogen) atoms. The molecule has 0 amide bonds. The van der Waals surface area contributed by atoms with Crippen LogP contribution in [0.4, 0.5) is 18.3 Å². The predicted molar refractivity (Wildman–Crippen MR) is 55.9 cm³/mol. The van der Waals surface area contributed by atoms with Gasteiger partial charge in [-0.05, 0) is 12.8 Å². The second kappa shape index (κ2) is 4.59. The molecule has 2 rings (SSSR count). The van der Waals surface area contributed by atoms with E-state index in [2.05, 4.69) is 9.36 Å². The Bertz CT molecular complexity index is 406. The Kier molecular flexibility index (Phi) is 3.32. The first-order chi connectivity index (χ1) is 8.00. The van der Waals surface area contributed by atoms with Crippen molar-refractivity contribution in [3.8, 4) is 0 Å². The van der Waals surface area contributed by atoms with Crippen molar-refractivity contribution in [1.29, 1.82) is 0 Å². The fourth-order valence-electron chi connectivity index (χ4n) is 1.75. The number of nitrogens with zero attached hydrogens (tertiary/aromatic N) is 3. The lowest BCUT2D eigenvalue weighted by Gasteiger charge is -2.29. The van der Waals surface area contributed by atoms with Gasteiger partial charge in [-0.1, -0.05) is 0 Å². The van der Waals surface area contributed by atoms with Crippen LogP contribution in [0, 0.1) is 5.92 Å². The Balaban J connectivity index is 2.12. The molecule has 1 saturated heterocycles. The van der Waals surface area contributed by atoms with E-state index in [0.717, 1.165) is 30.7 Å². The number of carbonyl (C=O) groups excluding carboxylic acids is 1. The smallest absolute Gasteiger partial charge is 0.346 e. The minimum absolute atomic E-state index is 0.123. The van der Waals surface area contributed by atoms with Gasteiger partial charge in [-0.2, -0.15) is 22.5 Å². The molecule has 1 aliphatic heterocycles. The van der Waals surface area contributed by atoms with Crippen molar-refractivity contribution in [3.63, 3.8) is 0 Å². The van der Waals surface area contributed by atoms with Crippen molar-refractivity contribution in [1.82, 2.24) is 9.36 Å². The van der Waals surface area contributed by atoms with Gasteiger partial charge in [0.2, 0.25) is 11.0 Å².